The van der Waals surface area contributed by atoms with Gasteiger partial charge in [-0.3, -0.25) is 0 Å². The topological polar surface area (TPSA) is 40.5 Å². The van der Waals surface area contributed by atoms with Crippen LogP contribution in [0.5, 0.6) is 11.5 Å². The second-order valence-corrected chi connectivity index (χ2v) is 10.6. The summed E-state index contributed by atoms with van der Waals surface area (Å²) in [6.07, 6.45) is 9.40. The van der Waals surface area contributed by atoms with E-state index in [0.29, 0.717) is 23.3 Å². The lowest BCUT2D eigenvalue weighted by Gasteiger charge is -2.21. The Bertz CT molecular complexity index is 1240. The number of phenols is 2. The number of rotatable bonds is 5. The maximum absolute atomic E-state index is 11.4. The van der Waals surface area contributed by atoms with Crippen molar-refractivity contribution in [3.8, 4) is 44.9 Å². The first-order chi connectivity index (χ1) is 17.7. The first-order valence-electron chi connectivity index (χ1n) is 13.5. The van der Waals surface area contributed by atoms with Gasteiger partial charge in [0.15, 0.2) is 0 Å². The highest BCUT2D eigenvalue weighted by Crippen LogP contribution is 2.48. The number of hydrogen-bond acceptors (Lipinski definition) is 2. The van der Waals surface area contributed by atoms with Crippen LogP contribution in [0.1, 0.15) is 74.3 Å². The van der Waals surface area contributed by atoms with Crippen LogP contribution in [0.3, 0.4) is 0 Å². The van der Waals surface area contributed by atoms with Crippen LogP contribution in [0.15, 0.2) is 84.9 Å². The molecule has 0 unspecified atom stereocenters. The second kappa shape index (κ2) is 9.85. The molecule has 2 aliphatic carbocycles. The Morgan fingerprint density at radius 3 is 1.17 bits per heavy atom. The van der Waals surface area contributed by atoms with Gasteiger partial charge in [0.2, 0.25) is 0 Å². The zero-order valence-electron chi connectivity index (χ0n) is 20.8. The van der Waals surface area contributed by atoms with Crippen LogP contribution in [0, 0.1) is 0 Å². The van der Waals surface area contributed by atoms with Gasteiger partial charge in [-0.1, -0.05) is 86.3 Å². The van der Waals surface area contributed by atoms with E-state index in [2.05, 4.69) is 48.5 Å². The molecule has 0 spiro atoms. The maximum Gasteiger partial charge on any atom is 0.126 e. The third-order valence-electron chi connectivity index (χ3n) is 8.37. The molecule has 2 nitrogen and oxygen atoms in total. The van der Waals surface area contributed by atoms with Gasteiger partial charge in [0, 0.05) is 11.1 Å². The Morgan fingerprint density at radius 1 is 0.444 bits per heavy atom. The molecule has 0 atom stereocenters. The van der Waals surface area contributed by atoms with Crippen molar-refractivity contribution in [2.45, 2.75) is 63.2 Å². The maximum atomic E-state index is 11.4. The lowest BCUT2D eigenvalue weighted by molar-refractivity contribution is 0.462. The van der Waals surface area contributed by atoms with Crippen LogP contribution in [0.4, 0.5) is 0 Å². The number of aromatic hydroxyl groups is 2. The quantitative estimate of drug-likeness (QED) is 0.302. The molecule has 0 aromatic heterocycles. The molecule has 36 heavy (non-hydrogen) atoms. The Hall–Kier alpha value is -3.52. The van der Waals surface area contributed by atoms with Gasteiger partial charge in [-0.2, -0.15) is 0 Å². The van der Waals surface area contributed by atoms with Gasteiger partial charge in [-0.05, 0) is 95.2 Å². The van der Waals surface area contributed by atoms with Crippen LogP contribution >= 0.6 is 0 Å². The van der Waals surface area contributed by atoms with Gasteiger partial charge < -0.3 is 10.2 Å². The summed E-state index contributed by atoms with van der Waals surface area (Å²) in [5.74, 6) is 1.64. The Balaban J connectivity index is 1.57. The summed E-state index contributed by atoms with van der Waals surface area (Å²) in [5, 5.41) is 22.9. The summed E-state index contributed by atoms with van der Waals surface area (Å²) in [4.78, 5) is 0. The fourth-order valence-corrected chi connectivity index (χ4v) is 6.42. The van der Waals surface area contributed by atoms with Crippen molar-refractivity contribution < 1.29 is 10.2 Å². The SMILES string of the molecule is Oc1c(-c2ccccc2)cc(-c2cc(-c3ccccc3)c(O)c(C3CCCC3)c2)cc1C1CCCC1. The van der Waals surface area contributed by atoms with E-state index in [1.165, 1.54) is 25.7 Å². The van der Waals surface area contributed by atoms with Crippen molar-refractivity contribution in [3.63, 3.8) is 0 Å². The molecule has 2 fully saturated rings. The van der Waals surface area contributed by atoms with Crippen LogP contribution in [-0.2, 0) is 0 Å². The molecule has 0 amide bonds. The van der Waals surface area contributed by atoms with Gasteiger partial charge in [-0.25, -0.2) is 0 Å². The summed E-state index contributed by atoms with van der Waals surface area (Å²) < 4.78 is 0. The Kier molecular flexibility index (Phi) is 6.27. The molecule has 0 aliphatic heterocycles. The normalized spacial score (nSPS) is 16.6. The zero-order valence-corrected chi connectivity index (χ0v) is 20.8. The lowest BCUT2D eigenvalue weighted by Crippen LogP contribution is -1.98. The van der Waals surface area contributed by atoms with E-state index in [-0.39, 0.29) is 0 Å². The molecule has 6 rings (SSSR count). The van der Waals surface area contributed by atoms with Gasteiger partial charge in [0.25, 0.3) is 0 Å². The van der Waals surface area contributed by atoms with Crippen molar-refractivity contribution in [2.75, 3.05) is 0 Å². The van der Waals surface area contributed by atoms with Gasteiger partial charge in [-0.15, -0.1) is 0 Å². The minimum Gasteiger partial charge on any atom is -0.507 e. The smallest absolute Gasteiger partial charge is 0.126 e. The van der Waals surface area contributed by atoms with Crippen LogP contribution < -0.4 is 0 Å². The standard InChI is InChI=1S/C34H34O2/c35-33-29(23-11-3-1-4-12-23)19-27(21-31(33)25-15-7-8-16-25)28-20-30(24-13-5-2-6-14-24)34(36)32(22-28)26-17-9-10-18-26/h1-6,11-14,19-22,25-26,35-36H,7-10,15-18H2. The average molecular weight is 475 g/mol. The molecular formula is C34H34O2. The van der Waals surface area contributed by atoms with E-state index in [0.717, 1.165) is 70.2 Å². The van der Waals surface area contributed by atoms with Crippen molar-refractivity contribution in [1.29, 1.82) is 0 Å². The number of hydrogen-bond donors (Lipinski definition) is 2. The third kappa shape index (κ3) is 4.30. The van der Waals surface area contributed by atoms with Crippen LogP contribution in [0.2, 0.25) is 0 Å². The van der Waals surface area contributed by atoms with E-state index in [1.807, 2.05) is 36.4 Å². The van der Waals surface area contributed by atoms with E-state index >= 15 is 0 Å². The molecule has 0 heterocycles. The minimum absolute atomic E-state index is 0.396. The van der Waals surface area contributed by atoms with E-state index in [9.17, 15) is 10.2 Å². The van der Waals surface area contributed by atoms with E-state index < -0.39 is 0 Å². The number of benzene rings is 4. The summed E-state index contributed by atoms with van der Waals surface area (Å²) in [6, 6.07) is 29.2. The summed E-state index contributed by atoms with van der Waals surface area (Å²) in [5.41, 5.74) is 8.23. The summed E-state index contributed by atoms with van der Waals surface area (Å²) >= 11 is 0. The Labute approximate surface area is 214 Å². The van der Waals surface area contributed by atoms with Crippen LogP contribution in [-0.4, -0.2) is 10.2 Å². The van der Waals surface area contributed by atoms with Crippen molar-refractivity contribution in [2.24, 2.45) is 0 Å². The van der Waals surface area contributed by atoms with Crippen LogP contribution in [0.25, 0.3) is 33.4 Å². The van der Waals surface area contributed by atoms with Crippen molar-refractivity contribution in [1.82, 2.24) is 0 Å². The first-order valence-corrected chi connectivity index (χ1v) is 13.5. The highest BCUT2D eigenvalue weighted by atomic mass is 16.3. The molecule has 4 aromatic rings. The molecule has 2 N–H and O–H groups in total. The summed E-state index contributed by atoms with van der Waals surface area (Å²) in [7, 11) is 0. The molecule has 2 saturated carbocycles. The molecule has 2 heteroatoms. The van der Waals surface area contributed by atoms with Crippen molar-refractivity contribution >= 4 is 0 Å². The predicted molar refractivity (Wildman–Crippen MR) is 148 cm³/mol. The lowest BCUT2D eigenvalue weighted by atomic mass is 9.85. The van der Waals surface area contributed by atoms with Crippen molar-refractivity contribution in [3.05, 3.63) is 96.1 Å². The van der Waals surface area contributed by atoms with E-state index in [4.69, 9.17) is 0 Å². The molecule has 0 saturated heterocycles. The monoisotopic (exact) mass is 474 g/mol. The molecule has 4 aromatic carbocycles. The van der Waals surface area contributed by atoms with E-state index in [1.54, 1.807) is 0 Å². The first kappa shape index (κ1) is 22.9. The zero-order chi connectivity index (χ0) is 24.5. The van der Waals surface area contributed by atoms with Gasteiger partial charge >= 0.3 is 0 Å². The molecular weight excluding hydrogens is 440 g/mol. The minimum atomic E-state index is 0.396. The molecule has 0 radical (unpaired) electrons. The fraction of sp³-hybridized carbons (Fsp3) is 0.294. The molecule has 0 bridgehead atoms. The highest BCUT2D eigenvalue weighted by molar-refractivity contribution is 5.84. The van der Waals surface area contributed by atoms with Gasteiger partial charge in [0.05, 0.1) is 0 Å². The fourth-order valence-electron chi connectivity index (χ4n) is 6.42. The molecule has 182 valence electrons. The van der Waals surface area contributed by atoms with Gasteiger partial charge in [0.1, 0.15) is 11.5 Å². The highest BCUT2D eigenvalue weighted by Gasteiger charge is 2.26. The number of phenolic OH excluding ortho intramolecular Hbond substituents is 2. The average Bonchev–Trinajstić information content (AvgIpc) is 3.65. The predicted octanol–water partition coefficient (Wildman–Crippen LogP) is 9.41. The summed E-state index contributed by atoms with van der Waals surface area (Å²) in [6.45, 7) is 0. The third-order valence-corrected chi connectivity index (χ3v) is 8.37. The largest absolute Gasteiger partial charge is 0.507 e. The second-order valence-electron chi connectivity index (χ2n) is 10.6. The Morgan fingerprint density at radius 2 is 0.806 bits per heavy atom. The molecule has 2 aliphatic rings.